The first-order chi connectivity index (χ1) is 8.60. The zero-order valence-corrected chi connectivity index (χ0v) is 11.4. The summed E-state index contributed by atoms with van der Waals surface area (Å²) in [6, 6.07) is 3.72. The molecule has 1 aromatic heterocycles. The Morgan fingerprint density at radius 2 is 2.33 bits per heavy atom. The van der Waals surface area contributed by atoms with E-state index in [0.717, 1.165) is 43.1 Å². The maximum atomic E-state index is 12.4. The normalized spacial score (nSPS) is 19.1. The van der Waals surface area contributed by atoms with Crippen LogP contribution in [0.2, 0.25) is 0 Å². The second-order valence-electron chi connectivity index (χ2n) is 5.06. The fraction of sp³-hybridized carbons (Fsp3) is 0.571. The number of amides is 1. The van der Waals surface area contributed by atoms with E-state index >= 15 is 0 Å². The Labute approximate surface area is 108 Å². The van der Waals surface area contributed by atoms with Gasteiger partial charge in [-0.2, -0.15) is 0 Å². The standard InChI is InChI=1S/C14H21N3O/c1-4-15-13-8-12(7-11(3)16-13)14(18)17-6-5-10(2)9-17/h7-8,10H,4-6,9H2,1-3H3,(H,15,16). The van der Waals surface area contributed by atoms with Crippen LogP contribution in [0.15, 0.2) is 12.1 Å². The number of anilines is 1. The molecule has 1 unspecified atom stereocenters. The first-order valence-electron chi connectivity index (χ1n) is 6.62. The molecule has 4 nitrogen and oxygen atoms in total. The number of carbonyl (C=O) groups is 1. The van der Waals surface area contributed by atoms with Gasteiger partial charge in [0.05, 0.1) is 0 Å². The maximum Gasteiger partial charge on any atom is 0.254 e. The van der Waals surface area contributed by atoms with Crippen molar-refractivity contribution in [2.75, 3.05) is 25.0 Å². The number of hydrogen-bond acceptors (Lipinski definition) is 3. The first kappa shape index (κ1) is 12.9. The number of nitrogens with one attached hydrogen (secondary N) is 1. The van der Waals surface area contributed by atoms with Crippen LogP contribution in [0.3, 0.4) is 0 Å². The largest absolute Gasteiger partial charge is 0.370 e. The molecular weight excluding hydrogens is 226 g/mol. The van der Waals surface area contributed by atoms with Gasteiger partial charge >= 0.3 is 0 Å². The molecule has 1 aliphatic heterocycles. The lowest BCUT2D eigenvalue weighted by atomic mass is 10.2. The minimum atomic E-state index is 0.129. The number of carbonyl (C=O) groups excluding carboxylic acids is 1. The highest BCUT2D eigenvalue weighted by Crippen LogP contribution is 2.19. The number of pyridine rings is 1. The Bertz CT molecular complexity index is 445. The van der Waals surface area contributed by atoms with Crippen molar-refractivity contribution in [3.63, 3.8) is 0 Å². The summed E-state index contributed by atoms with van der Waals surface area (Å²) in [7, 11) is 0. The van der Waals surface area contributed by atoms with Gasteiger partial charge < -0.3 is 10.2 Å². The van der Waals surface area contributed by atoms with E-state index in [1.807, 2.05) is 30.9 Å². The van der Waals surface area contributed by atoms with Crippen molar-refractivity contribution in [3.05, 3.63) is 23.4 Å². The Kier molecular flexibility index (Phi) is 3.84. The smallest absolute Gasteiger partial charge is 0.254 e. The topological polar surface area (TPSA) is 45.2 Å². The van der Waals surface area contributed by atoms with Crippen LogP contribution < -0.4 is 5.32 Å². The molecule has 1 fully saturated rings. The molecule has 1 N–H and O–H groups in total. The molecule has 18 heavy (non-hydrogen) atoms. The number of likely N-dealkylation sites (tertiary alicyclic amines) is 1. The number of hydrogen-bond donors (Lipinski definition) is 1. The van der Waals surface area contributed by atoms with Gasteiger partial charge in [-0.1, -0.05) is 6.92 Å². The fourth-order valence-electron chi connectivity index (χ4n) is 2.37. The molecule has 0 radical (unpaired) electrons. The third kappa shape index (κ3) is 2.81. The fourth-order valence-corrected chi connectivity index (χ4v) is 2.37. The van der Waals surface area contributed by atoms with E-state index in [2.05, 4.69) is 17.2 Å². The van der Waals surface area contributed by atoms with Gasteiger partial charge in [-0.3, -0.25) is 4.79 Å². The van der Waals surface area contributed by atoms with Gasteiger partial charge in [-0.05, 0) is 38.3 Å². The van der Waals surface area contributed by atoms with E-state index in [4.69, 9.17) is 0 Å². The first-order valence-corrected chi connectivity index (χ1v) is 6.62. The number of rotatable bonds is 3. The Hall–Kier alpha value is -1.58. The molecule has 1 amide bonds. The van der Waals surface area contributed by atoms with Crippen LogP contribution in [0.5, 0.6) is 0 Å². The van der Waals surface area contributed by atoms with Crippen molar-refractivity contribution >= 4 is 11.7 Å². The van der Waals surface area contributed by atoms with Gasteiger partial charge in [0.1, 0.15) is 5.82 Å². The third-order valence-corrected chi connectivity index (χ3v) is 3.27. The molecule has 0 spiro atoms. The van der Waals surface area contributed by atoms with E-state index < -0.39 is 0 Å². The van der Waals surface area contributed by atoms with Crippen LogP contribution in [0, 0.1) is 12.8 Å². The van der Waals surface area contributed by atoms with Crippen LogP contribution in [0.25, 0.3) is 0 Å². The lowest BCUT2D eigenvalue weighted by molar-refractivity contribution is 0.0788. The Morgan fingerprint density at radius 1 is 1.56 bits per heavy atom. The quantitative estimate of drug-likeness (QED) is 0.891. The van der Waals surface area contributed by atoms with Gasteiger partial charge in [0.2, 0.25) is 0 Å². The SMILES string of the molecule is CCNc1cc(C(=O)N2CCC(C)C2)cc(C)n1. The van der Waals surface area contributed by atoms with E-state index in [9.17, 15) is 4.79 Å². The summed E-state index contributed by atoms with van der Waals surface area (Å²) >= 11 is 0. The van der Waals surface area contributed by atoms with Gasteiger partial charge in [-0.25, -0.2) is 4.98 Å². The molecule has 0 saturated carbocycles. The average molecular weight is 247 g/mol. The molecule has 1 atom stereocenters. The summed E-state index contributed by atoms with van der Waals surface area (Å²) in [5.41, 5.74) is 1.62. The highest BCUT2D eigenvalue weighted by Gasteiger charge is 2.24. The summed E-state index contributed by atoms with van der Waals surface area (Å²) in [5.74, 6) is 1.53. The average Bonchev–Trinajstić information content (AvgIpc) is 2.74. The van der Waals surface area contributed by atoms with Crippen LogP contribution in [-0.2, 0) is 0 Å². The molecule has 2 rings (SSSR count). The van der Waals surface area contributed by atoms with Crippen LogP contribution in [0.4, 0.5) is 5.82 Å². The number of aromatic nitrogens is 1. The second-order valence-corrected chi connectivity index (χ2v) is 5.06. The molecule has 2 heterocycles. The minimum Gasteiger partial charge on any atom is -0.370 e. The lowest BCUT2D eigenvalue weighted by Gasteiger charge is -2.16. The molecule has 1 aliphatic rings. The van der Waals surface area contributed by atoms with Crippen molar-refractivity contribution in [2.45, 2.75) is 27.2 Å². The molecule has 0 aliphatic carbocycles. The monoisotopic (exact) mass is 247 g/mol. The summed E-state index contributed by atoms with van der Waals surface area (Å²) in [6.07, 6.45) is 1.11. The highest BCUT2D eigenvalue weighted by atomic mass is 16.2. The molecule has 1 aromatic rings. The summed E-state index contributed by atoms with van der Waals surface area (Å²) < 4.78 is 0. The van der Waals surface area contributed by atoms with E-state index in [1.54, 1.807) is 0 Å². The predicted molar refractivity (Wildman–Crippen MR) is 72.8 cm³/mol. The highest BCUT2D eigenvalue weighted by molar-refractivity contribution is 5.95. The van der Waals surface area contributed by atoms with Crippen LogP contribution in [-0.4, -0.2) is 35.4 Å². The van der Waals surface area contributed by atoms with E-state index in [0.29, 0.717) is 5.92 Å². The van der Waals surface area contributed by atoms with Crippen molar-refractivity contribution in [1.29, 1.82) is 0 Å². The van der Waals surface area contributed by atoms with Crippen LogP contribution in [0.1, 0.15) is 36.3 Å². The number of nitrogens with zero attached hydrogens (tertiary/aromatic N) is 2. The zero-order valence-electron chi connectivity index (χ0n) is 11.4. The third-order valence-electron chi connectivity index (χ3n) is 3.27. The zero-order chi connectivity index (χ0) is 13.1. The van der Waals surface area contributed by atoms with Crippen molar-refractivity contribution in [1.82, 2.24) is 9.88 Å². The summed E-state index contributed by atoms with van der Waals surface area (Å²) in [6.45, 7) is 8.69. The maximum absolute atomic E-state index is 12.4. The Morgan fingerprint density at radius 3 is 2.94 bits per heavy atom. The van der Waals surface area contributed by atoms with E-state index in [1.165, 1.54) is 0 Å². The Balaban J connectivity index is 2.19. The van der Waals surface area contributed by atoms with Gasteiger partial charge in [-0.15, -0.1) is 0 Å². The molecule has 0 aromatic carbocycles. The van der Waals surface area contributed by atoms with Gasteiger partial charge in [0, 0.05) is 30.9 Å². The van der Waals surface area contributed by atoms with Gasteiger partial charge in [0.15, 0.2) is 0 Å². The van der Waals surface area contributed by atoms with Gasteiger partial charge in [0.25, 0.3) is 5.91 Å². The number of aryl methyl sites for hydroxylation is 1. The minimum absolute atomic E-state index is 0.129. The second kappa shape index (κ2) is 5.38. The molecule has 4 heteroatoms. The van der Waals surface area contributed by atoms with Crippen molar-refractivity contribution < 1.29 is 4.79 Å². The molecule has 1 saturated heterocycles. The van der Waals surface area contributed by atoms with Crippen molar-refractivity contribution in [2.24, 2.45) is 5.92 Å². The molecular formula is C14H21N3O. The summed E-state index contributed by atoms with van der Waals surface area (Å²) in [4.78, 5) is 18.7. The lowest BCUT2D eigenvalue weighted by Crippen LogP contribution is -2.28. The van der Waals surface area contributed by atoms with Crippen molar-refractivity contribution in [3.8, 4) is 0 Å². The summed E-state index contributed by atoms with van der Waals surface area (Å²) in [5, 5.41) is 3.16. The molecule has 98 valence electrons. The van der Waals surface area contributed by atoms with Crippen LogP contribution >= 0.6 is 0 Å². The predicted octanol–water partition coefficient (Wildman–Crippen LogP) is 2.30. The molecule has 0 bridgehead atoms. The van der Waals surface area contributed by atoms with E-state index in [-0.39, 0.29) is 5.91 Å².